The van der Waals surface area contributed by atoms with E-state index in [4.69, 9.17) is 5.11 Å². The number of nitrogens with one attached hydrogen (secondary N) is 2. The molecule has 0 aliphatic carbocycles. The standard InChI is InChI=1S/C17H21N3O3/c1-10-13(15(23)20-16(18-10)17(2,3)4)14(22)19-12-7-5-6-11(8-12)9-21/h5-8,21H,9H2,1-4H3,(H,19,22)(H,18,20,23). The second-order valence-corrected chi connectivity index (χ2v) is 6.44. The molecule has 1 aromatic carbocycles. The number of carbonyl (C=O) groups is 1. The molecule has 0 aliphatic heterocycles. The number of amides is 1. The zero-order valence-corrected chi connectivity index (χ0v) is 13.7. The van der Waals surface area contributed by atoms with Gasteiger partial charge in [-0.3, -0.25) is 9.59 Å². The van der Waals surface area contributed by atoms with Crippen LogP contribution >= 0.6 is 0 Å². The van der Waals surface area contributed by atoms with E-state index in [1.54, 1.807) is 31.2 Å². The van der Waals surface area contributed by atoms with Crippen LogP contribution in [-0.4, -0.2) is 21.0 Å². The minimum absolute atomic E-state index is 0.00704. The van der Waals surface area contributed by atoms with Gasteiger partial charge in [-0.05, 0) is 24.6 Å². The van der Waals surface area contributed by atoms with Crippen molar-refractivity contribution in [2.45, 2.75) is 39.7 Å². The van der Waals surface area contributed by atoms with E-state index in [-0.39, 0.29) is 17.6 Å². The van der Waals surface area contributed by atoms with Crippen LogP contribution in [0.3, 0.4) is 0 Å². The first-order valence-electron chi connectivity index (χ1n) is 7.35. The van der Waals surface area contributed by atoms with Crippen molar-refractivity contribution in [3.05, 3.63) is 57.3 Å². The van der Waals surface area contributed by atoms with Gasteiger partial charge in [-0.25, -0.2) is 4.98 Å². The van der Waals surface area contributed by atoms with Crippen LogP contribution in [0.1, 0.15) is 48.2 Å². The maximum atomic E-state index is 12.4. The number of aryl methyl sites for hydroxylation is 1. The predicted octanol–water partition coefficient (Wildman–Crippen LogP) is 2.12. The van der Waals surface area contributed by atoms with Gasteiger partial charge in [0.15, 0.2) is 0 Å². The van der Waals surface area contributed by atoms with Gasteiger partial charge in [0.1, 0.15) is 11.4 Å². The maximum Gasteiger partial charge on any atom is 0.264 e. The highest BCUT2D eigenvalue weighted by Gasteiger charge is 2.22. The van der Waals surface area contributed by atoms with Crippen LogP contribution in [0.2, 0.25) is 0 Å². The molecular weight excluding hydrogens is 294 g/mol. The van der Waals surface area contributed by atoms with Crippen molar-refractivity contribution in [2.75, 3.05) is 5.32 Å². The number of nitrogens with zero attached hydrogens (tertiary/aromatic N) is 1. The molecule has 23 heavy (non-hydrogen) atoms. The second kappa shape index (κ2) is 6.34. The van der Waals surface area contributed by atoms with Gasteiger partial charge in [0, 0.05) is 11.1 Å². The van der Waals surface area contributed by atoms with Crippen LogP contribution in [-0.2, 0) is 12.0 Å². The number of anilines is 1. The molecule has 0 fully saturated rings. The molecule has 0 radical (unpaired) electrons. The third-order valence-corrected chi connectivity index (χ3v) is 3.41. The summed E-state index contributed by atoms with van der Waals surface area (Å²) in [7, 11) is 0. The van der Waals surface area contributed by atoms with Gasteiger partial charge < -0.3 is 15.4 Å². The monoisotopic (exact) mass is 315 g/mol. The first-order valence-corrected chi connectivity index (χ1v) is 7.35. The lowest BCUT2D eigenvalue weighted by molar-refractivity contribution is 0.102. The Kier molecular flexibility index (Phi) is 4.65. The first-order chi connectivity index (χ1) is 10.7. The molecule has 0 saturated carbocycles. The second-order valence-electron chi connectivity index (χ2n) is 6.44. The molecule has 1 amide bonds. The molecule has 0 unspecified atom stereocenters. The molecule has 0 aliphatic rings. The van der Waals surface area contributed by atoms with Crippen molar-refractivity contribution >= 4 is 11.6 Å². The molecule has 2 aromatic rings. The summed E-state index contributed by atoms with van der Waals surface area (Å²) in [5.74, 6) is 0.0191. The van der Waals surface area contributed by atoms with Gasteiger partial charge in [-0.15, -0.1) is 0 Å². The fourth-order valence-corrected chi connectivity index (χ4v) is 2.15. The van der Waals surface area contributed by atoms with Crippen LogP contribution in [0.4, 0.5) is 5.69 Å². The number of aromatic amines is 1. The first kappa shape index (κ1) is 16.9. The number of hydrogen-bond acceptors (Lipinski definition) is 4. The SMILES string of the molecule is Cc1nc(C(C)(C)C)[nH]c(=O)c1C(=O)Nc1cccc(CO)c1. The lowest BCUT2D eigenvalue weighted by Crippen LogP contribution is -2.30. The smallest absolute Gasteiger partial charge is 0.264 e. The van der Waals surface area contributed by atoms with Gasteiger partial charge in [-0.1, -0.05) is 32.9 Å². The summed E-state index contributed by atoms with van der Waals surface area (Å²) in [6, 6.07) is 6.81. The van der Waals surface area contributed by atoms with E-state index in [0.29, 0.717) is 22.8 Å². The number of aliphatic hydroxyl groups is 1. The lowest BCUT2D eigenvalue weighted by Gasteiger charge is -2.18. The number of carbonyl (C=O) groups excluding carboxylic acids is 1. The number of aromatic nitrogens is 2. The summed E-state index contributed by atoms with van der Waals surface area (Å²) < 4.78 is 0. The van der Waals surface area contributed by atoms with Crippen LogP contribution in [0, 0.1) is 6.92 Å². The van der Waals surface area contributed by atoms with E-state index >= 15 is 0 Å². The van der Waals surface area contributed by atoms with E-state index in [1.807, 2.05) is 20.8 Å². The summed E-state index contributed by atoms with van der Waals surface area (Å²) in [6.07, 6.45) is 0. The van der Waals surface area contributed by atoms with Crippen molar-refractivity contribution in [3.63, 3.8) is 0 Å². The van der Waals surface area contributed by atoms with E-state index in [1.165, 1.54) is 0 Å². The van der Waals surface area contributed by atoms with Crippen molar-refractivity contribution < 1.29 is 9.90 Å². The molecule has 0 bridgehead atoms. The van der Waals surface area contributed by atoms with Crippen LogP contribution in [0.25, 0.3) is 0 Å². The molecule has 1 heterocycles. The fourth-order valence-electron chi connectivity index (χ4n) is 2.15. The average molecular weight is 315 g/mol. The van der Waals surface area contributed by atoms with E-state index < -0.39 is 11.5 Å². The normalized spacial score (nSPS) is 11.3. The summed E-state index contributed by atoms with van der Waals surface area (Å²) in [5, 5.41) is 11.8. The van der Waals surface area contributed by atoms with Gasteiger partial charge in [-0.2, -0.15) is 0 Å². The summed E-state index contributed by atoms with van der Waals surface area (Å²) >= 11 is 0. The van der Waals surface area contributed by atoms with Crippen LogP contribution in [0.5, 0.6) is 0 Å². The fraction of sp³-hybridized carbons (Fsp3) is 0.353. The van der Waals surface area contributed by atoms with Gasteiger partial charge >= 0.3 is 0 Å². The van der Waals surface area contributed by atoms with E-state index in [2.05, 4.69) is 15.3 Å². The quantitative estimate of drug-likeness (QED) is 0.808. The molecule has 6 heteroatoms. The number of hydrogen-bond donors (Lipinski definition) is 3. The molecular formula is C17H21N3O3. The molecule has 0 spiro atoms. The maximum absolute atomic E-state index is 12.4. The summed E-state index contributed by atoms with van der Waals surface area (Å²) in [5.41, 5.74) is 0.795. The van der Waals surface area contributed by atoms with Gasteiger partial charge in [0.05, 0.1) is 12.3 Å². The Morgan fingerprint density at radius 1 is 1.35 bits per heavy atom. The minimum atomic E-state index is -0.521. The zero-order valence-electron chi connectivity index (χ0n) is 13.7. The Morgan fingerprint density at radius 3 is 2.61 bits per heavy atom. The number of H-pyrrole nitrogens is 1. The largest absolute Gasteiger partial charge is 0.392 e. The molecule has 122 valence electrons. The molecule has 2 rings (SSSR count). The van der Waals surface area contributed by atoms with Crippen molar-refractivity contribution in [2.24, 2.45) is 0 Å². The van der Waals surface area contributed by atoms with Crippen LogP contribution in [0.15, 0.2) is 29.1 Å². The number of aliphatic hydroxyl groups excluding tert-OH is 1. The molecule has 3 N–H and O–H groups in total. The Bertz CT molecular complexity index is 788. The number of rotatable bonds is 3. The molecule has 0 atom stereocenters. The van der Waals surface area contributed by atoms with Crippen molar-refractivity contribution in [1.29, 1.82) is 0 Å². The minimum Gasteiger partial charge on any atom is -0.392 e. The van der Waals surface area contributed by atoms with E-state index in [0.717, 1.165) is 0 Å². The Hall–Kier alpha value is -2.47. The number of benzene rings is 1. The average Bonchev–Trinajstić information content (AvgIpc) is 2.45. The zero-order chi connectivity index (χ0) is 17.2. The Morgan fingerprint density at radius 2 is 2.04 bits per heavy atom. The predicted molar refractivity (Wildman–Crippen MR) is 88.6 cm³/mol. The highest BCUT2D eigenvalue weighted by Crippen LogP contribution is 2.18. The highest BCUT2D eigenvalue weighted by molar-refractivity contribution is 6.04. The Balaban J connectivity index is 2.34. The van der Waals surface area contributed by atoms with E-state index in [9.17, 15) is 9.59 Å². The summed E-state index contributed by atoms with van der Waals surface area (Å²) in [4.78, 5) is 31.7. The molecule has 6 nitrogen and oxygen atoms in total. The van der Waals surface area contributed by atoms with Crippen LogP contribution < -0.4 is 10.9 Å². The lowest BCUT2D eigenvalue weighted by atomic mass is 9.95. The Labute approximate surface area is 134 Å². The third-order valence-electron chi connectivity index (χ3n) is 3.41. The third kappa shape index (κ3) is 3.84. The highest BCUT2D eigenvalue weighted by atomic mass is 16.3. The topological polar surface area (TPSA) is 95.1 Å². The molecule has 0 saturated heterocycles. The molecule has 1 aromatic heterocycles. The van der Waals surface area contributed by atoms with Crippen molar-refractivity contribution in [3.8, 4) is 0 Å². The van der Waals surface area contributed by atoms with Crippen molar-refractivity contribution in [1.82, 2.24) is 9.97 Å². The van der Waals surface area contributed by atoms with Gasteiger partial charge in [0.25, 0.3) is 11.5 Å². The summed E-state index contributed by atoms with van der Waals surface area (Å²) in [6.45, 7) is 7.33. The van der Waals surface area contributed by atoms with Gasteiger partial charge in [0.2, 0.25) is 0 Å².